The summed E-state index contributed by atoms with van der Waals surface area (Å²) in [5.74, 6) is 1.67. The van der Waals surface area contributed by atoms with Crippen molar-refractivity contribution in [3.63, 3.8) is 0 Å². The first-order chi connectivity index (χ1) is 13.6. The lowest BCUT2D eigenvalue weighted by Crippen LogP contribution is -2.35. The van der Waals surface area contributed by atoms with Crippen molar-refractivity contribution in [1.82, 2.24) is 4.90 Å². The van der Waals surface area contributed by atoms with Gasteiger partial charge in [0.05, 0.1) is 12.8 Å². The Bertz CT molecular complexity index is 827. The number of aryl methyl sites for hydroxylation is 2. The molecule has 3 aromatic rings. The summed E-state index contributed by atoms with van der Waals surface area (Å²) >= 11 is 0. The normalized spacial score (nSPS) is 12.3. The second-order valence-electron chi connectivity index (χ2n) is 7.20. The van der Waals surface area contributed by atoms with Crippen LogP contribution in [0.4, 0.5) is 0 Å². The number of nitrogens with zero attached hydrogens (tertiary/aromatic N) is 1. The van der Waals surface area contributed by atoms with Crippen LogP contribution in [0.2, 0.25) is 0 Å². The van der Waals surface area contributed by atoms with Gasteiger partial charge in [-0.15, -0.1) is 0 Å². The molecule has 0 amide bonds. The first kappa shape index (κ1) is 20.2. The van der Waals surface area contributed by atoms with Crippen LogP contribution < -0.4 is 4.74 Å². The van der Waals surface area contributed by atoms with Crippen LogP contribution in [0, 0.1) is 6.92 Å². The molecule has 0 aliphatic carbocycles. The fourth-order valence-corrected chi connectivity index (χ4v) is 3.19. The summed E-state index contributed by atoms with van der Waals surface area (Å²) in [5.41, 5.74) is 3.69. The third-order valence-electron chi connectivity index (χ3n) is 4.70. The molecule has 1 unspecified atom stereocenters. The van der Waals surface area contributed by atoms with Crippen LogP contribution in [0.25, 0.3) is 0 Å². The largest absolute Gasteiger partial charge is 0.491 e. The molecule has 0 saturated heterocycles. The zero-order valence-corrected chi connectivity index (χ0v) is 16.7. The molecule has 4 heteroatoms. The molecular formula is C24H29NO3. The Labute approximate surface area is 167 Å². The predicted octanol–water partition coefficient (Wildman–Crippen LogP) is 4.59. The number of ether oxygens (including phenoxy) is 1. The number of benzene rings is 2. The predicted molar refractivity (Wildman–Crippen MR) is 111 cm³/mol. The number of hydrogen-bond donors (Lipinski definition) is 1. The third kappa shape index (κ3) is 6.25. The van der Waals surface area contributed by atoms with Gasteiger partial charge in [0, 0.05) is 13.1 Å². The molecule has 3 rings (SSSR count). The molecule has 0 radical (unpaired) electrons. The van der Waals surface area contributed by atoms with E-state index < -0.39 is 6.10 Å². The van der Waals surface area contributed by atoms with Gasteiger partial charge in [0.2, 0.25) is 0 Å². The fraction of sp³-hybridized carbons (Fsp3) is 0.333. The van der Waals surface area contributed by atoms with Crippen molar-refractivity contribution >= 4 is 0 Å². The summed E-state index contributed by atoms with van der Waals surface area (Å²) in [4.78, 5) is 2.18. The Hall–Kier alpha value is -2.56. The van der Waals surface area contributed by atoms with Crippen LogP contribution in [0.1, 0.15) is 29.4 Å². The minimum absolute atomic E-state index is 0.257. The quantitative estimate of drug-likeness (QED) is 0.559. The maximum atomic E-state index is 10.5. The van der Waals surface area contributed by atoms with E-state index in [9.17, 15) is 5.11 Å². The van der Waals surface area contributed by atoms with Crippen molar-refractivity contribution in [3.05, 3.63) is 89.4 Å². The third-order valence-corrected chi connectivity index (χ3v) is 4.70. The maximum Gasteiger partial charge on any atom is 0.119 e. The Morgan fingerprint density at radius 1 is 1.00 bits per heavy atom. The van der Waals surface area contributed by atoms with Gasteiger partial charge in [-0.1, -0.05) is 43.3 Å². The van der Waals surface area contributed by atoms with Crippen molar-refractivity contribution in [2.45, 2.75) is 39.5 Å². The maximum absolute atomic E-state index is 10.5. The lowest BCUT2D eigenvalue weighted by molar-refractivity contribution is 0.0604. The van der Waals surface area contributed by atoms with Crippen LogP contribution in [0.5, 0.6) is 5.75 Å². The van der Waals surface area contributed by atoms with E-state index in [0.29, 0.717) is 13.1 Å². The molecule has 0 spiro atoms. The second kappa shape index (κ2) is 10.1. The van der Waals surface area contributed by atoms with Gasteiger partial charge < -0.3 is 14.3 Å². The number of rotatable bonds is 10. The molecule has 148 valence electrons. The smallest absolute Gasteiger partial charge is 0.119 e. The SMILES string of the molecule is CCc1ccc(CN(Cc2ccco2)CC(O)COc2cccc(C)c2)cc1. The van der Waals surface area contributed by atoms with E-state index in [1.807, 2.05) is 43.3 Å². The van der Waals surface area contributed by atoms with Crippen LogP contribution in [0.15, 0.2) is 71.3 Å². The van der Waals surface area contributed by atoms with Crippen molar-refractivity contribution in [2.24, 2.45) is 0 Å². The zero-order valence-electron chi connectivity index (χ0n) is 16.7. The molecule has 0 fully saturated rings. The van der Waals surface area contributed by atoms with E-state index in [2.05, 4.69) is 36.1 Å². The first-order valence-corrected chi connectivity index (χ1v) is 9.82. The molecular weight excluding hydrogens is 350 g/mol. The van der Waals surface area contributed by atoms with Crippen molar-refractivity contribution in [2.75, 3.05) is 13.2 Å². The lowest BCUT2D eigenvalue weighted by atomic mass is 10.1. The Morgan fingerprint density at radius 3 is 2.46 bits per heavy atom. The molecule has 0 saturated carbocycles. The molecule has 28 heavy (non-hydrogen) atoms. The highest BCUT2D eigenvalue weighted by Gasteiger charge is 2.15. The van der Waals surface area contributed by atoms with Gasteiger partial charge in [-0.25, -0.2) is 0 Å². The summed E-state index contributed by atoms with van der Waals surface area (Å²) in [6.07, 6.45) is 2.12. The highest BCUT2D eigenvalue weighted by Crippen LogP contribution is 2.15. The number of aliphatic hydroxyl groups is 1. The molecule has 2 aromatic carbocycles. The average Bonchev–Trinajstić information content (AvgIpc) is 3.20. The van der Waals surface area contributed by atoms with Crippen LogP contribution >= 0.6 is 0 Å². The monoisotopic (exact) mass is 379 g/mol. The minimum atomic E-state index is -0.592. The van der Waals surface area contributed by atoms with Gasteiger partial charge in [0.15, 0.2) is 0 Å². The van der Waals surface area contributed by atoms with Crippen molar-refractivity contribution in [3.8, 4) is 5.75 Å². The van der Waals surface area contributed by atoms with Crippen molar-refractivity contribution < 1.29 is 14.3 Å². The fourth-order valence-electron chi connectivity index (χ4n) is 3.19. The Morgan fingerprint density at radius 2 is 1.79 bits per heavy atom. The zero-order chi connectivity index (χ0) is 19.8. The molecule has 0 aliphatic heterocycles. The van der Waals surface area contributed by atoms with Gasteiger partial charge in [-0.2, -0.15) is 0 Å². The number of furan rings is 1. The van der Waals surface area contributed by atoms with E-state index in [1.54, 1.807) is 6.26 Å². The lowest BCUT2D eigenvalue weighted by Gasteiger charge is -2.24. The topological polar surface area (TPSA) is 45.8 Å². The number of aliphatic hydroxyl groups excluding tert-OH is 1. The van der Waals surface area contributed by atoms with E-state index in [4.69, 9.17) is 9.15 Å². The second-order valence-corrected chi connectivity index (χ2v) is 7.20. The summed E-state index contributed by atoms with van der Waals surface area (Å²) in [5, 5.41) is 10.5. The Balaban J connectivity index is 1.60. The molecule has 0 aliphatic rings. The number of hydrogen-bond acceptors (Lipinski definition) is 4. The van der Waals surface area contributed by atoms with Gasteiger partial charge in [0.25, 0.3) is 0 Å². The molecule has 1 heterocycles. The van der Waals surface area contributed by atoms with Gasteiger partial charge in [-0.3, -0.25) is 4.90 Å². The van der Waals surface area contributed by atoms with Gasteiger partial charge in [0.1, 0.15) is 24.2 Å². The molecule has 1 atom stereocenters. The van der Waals surface area contributed by atoms with Crippen LogP contribution in [-0.4, -0.2) is 29.3 Å². The highest BCUT2D eigenvalue weighted by molar-refractivity contribution is 5.27. The van der Waals surface area contributed by atoms with Gasteiger partial charge >= 0.3 is 0 Å². The molecule has 4 nitrogen and oxygen atoms in total. The minimum Gasteiger partial charge on any atom is -0.491 e. The van der Waals surface area contributed by atoms with E-state index in [1.165, 1.54) is 11.1 Å². The standard InChI is InChI=1S/C24H29NO3/c1-3-20-9-11-21(12-10-20)15-25(17-24-8-5-13-27-24)16-22(26)18-28-23-7-4-6-19(2)14-23/h4-14,22,26H,3,15-18H2,1-2H3. The average molecular weight is 380 g/mol. The van der Waals surface area contributed by atoms with E-state index in [0.717, 1.165) is 30.0 Å². The van der Waals surface area contributed by atoms with Gasteiger partial charge in [-0.05, 0) is 54.3 Å². The summed E-state index contributed by atoms with van der Waals surface area (Å²) < 4.78 is 11.3. The van der Waals surface area contributed by atoms with Crippen molar-refractivity contribution in [1.29, 1.82) is 0 Å². The molecule has 0 bridgehead atoms. The summed E-state index contributed by atoms with van der Waals surface area (Å²) in [7, 11) is 0. The van der Waals surface area contributed by atoms with Crippen LogP contribution in [0.3, 0.4) is 0 Å². The van der Waals surface area contributed by atoms with Crippen LogP contribution in [-0.2, 0) is 19.5 Å². The van der Waals surface area contributed by atoms with E-state index in [-0.39, 0.29) is 6.61 Å². The Kier molecular flexibility index (Phi) is 7.29. The van der Waals surface area contributed by atoms with E-state index >= 15 is 0 Å². The molecule has 1 N–H and O–H groups in total. The molecule has 1 aromatic heterocycles. The first-order valence-electron chi connectivity index (χ1n) is 9.82. The summed E-state index contributed by atoms with van der Waals surface area (Å²) in [6, 6.07) is 20.4. The summed E-state index contributed by atoms with van der Waals surface area (Å²) in [6.45, 7) is 6.33. The highest BCUT2D eigenvalue weighted by atomic mass is 16.5.